The summed E-state index contributed by atoms with van der Waals surface area (Å²) in [5, 5.41) is 4.73. The fraction of sp³-hybridized carbons (Fsp3) is 0.200. The molecule has 1 aromatic heterocycles. The zero-order valence-electron chi connectivity index (χ0n) is 14.4. The zero-order chi connectivity index (χ0) is 18.5. The van der Waals surface area contributed by atoms with Crippen LogP contribution >= 0.6 is 15.9 Å². The molecule has 0 spiro atoms. The van der Waals surface area contributed by atoms with Crippen molar-refractivity contribution in [2.45, 2.75) is 19.4 Å². The maximum absolute atomic E-state index is 11.9. The summed E-state index contributed by atoms with van der Waals surface area (Å²) in [7, 11) is 0. The molecule has 3 aromatic rings. The lowest BCUT2D eigenvalue weighted by Gasteiger charge is -2.10. The van der Waals surface area contributed by atoms with Crippen molar-refractivity contribution in [3.8, 4) is 16.9 Å². The number of aromatic nitrogens is 2. The third kappa shape index (κ3) is 4.20. The number of ether oxygens (including phenoxy) is 1. The summed E-state index contributed by atoms with van der Waals surface area (Å²) in [6.07, 6.45) is 2.28. The number of nitrogens with zero attached hydrogens (tertiary/aromatic N) is 2. The van der Waals surface area contributed by atoms with Crippen LogP contribution in [-0.4, -0.2) is 28.4 Å². The van der Waals surface area contributed by atoms with Crippen molar-refractivity contribution in [1.82, 2.24) is 9.78 Å². The molecule has 5 nitrogen and oxygen atoms in total. The maximum atomic E-state index is 11.9. The Morgan fingerprint density at radius 2 is 1.88 bits per heavy atom. The summed E-state index contributed by atoms with van der Waals surface area (Å²) in [6.45, 7) is 2.08. The van der Waals surface area contributed by atoms with Gasteiger partial charge in [0.05, 0.1) is 18.0 Å². The molecule has 1 unspecified atom stereocenters. The average molecular weight is 414 g/mol. The second-order valence-electron chi connectivity index (χ2n) is 5.85. The third-order valence-corrected chi connectivity index (χ3v) is 4.49. The number of hydrogen-bond acceptors (Lipinski definition) is 4. The number of halogens is 1. The van der Waals surface area contributed by atoms with E-state index in [2.05, 4.69) is 15.9 Å². The van der Waals surface area contributed by atoms with Crippen LogP contribution in [0.5, 0.6) is 0 Å². The highest BCUT2D eigenvalue weighted by molar-refractivity contribution is 9.10. The van der Waals surface area contributed by atoms with Crippen LogP contribution in [0.4, 0.5) is 0 Å². The van der Waals surface area contributed by atoms with E-state index in [1.54, 1.807) is 6.92 Å². The molecule has 1 heterocycles. The number of nitrogens with two attached hydrogens (primary N) is 1. The van der Waals surface area contributed by atoms with Crippen LogP contribution in [-0.2, 0) is 16.0 Å². The molecule has 0 fully saturated rings. The van der Waals surface area contributed by atoms with E-state index in [0.29, 0.717) is 13.0 Å². The molecule has 0 aliphatic rings. The summed E-state index contributed by atoms with van der Waals surface area (Å²) in [4.78, 5) is 11.9. The van der Waals surface area contributed by atoms with Crippen molar-refractivity contribution < 1.29 is 9.53 Å². The quantitative estimate of drug-likeness (QED) is 0.624. The van der Waals surface area contributed by atoms with Crippen LogP contribution in [0.15, 0.2) is 65.3 Å². The van der Waals surface area contributed by atoms with Gasteiger partial charge in [-0.3, -0.25) is 4.79 Å². The Morgan fingerprint density at radius 1 is 1.19 bits per heavy atom. The second-order valence-corrected chi connectivity index (χ2v) is 6.77. The minimum Gasteiger partial charge on any atom is -0.465 e. The monoisotopic (exact) mass is 413 g/mol. The zero-order valence-corrected chi connectivity index (χ0v) is 16.0. The molecule has 1 atom stereocenters. The van der Waals surface area contributed by atoms with E-state index in [1.807, 2.05) is 65.5 Å². The largest absolute Gasteiger partial charge is 0.465 e. The van der Waals surface area contributed by atoms with Gasteiger partial charge in [-0.2, -0.15) is 5.10 Å². The van der Waals surface area contributed by atoms with Crippen molar-refractivity contribution >= 4 is 21.9 Å². The molecule has 6 heteroatoms. The molecule has 0 saturated heterocycles. The van der Waals surface area contributed by atoms with Crippen molar-refractivity contribution in [2.75, 3.05) is 6.61 Å². The third-order valence-electron chi connectivity index (χ3n) is 3.96. The molecule has 0 radical (unpaired) electrons. The Kier molecular flexibility index (Phi) is 5.85. The SMILES string of the molecule is CCOC(=O)C(N)Cc1cn(-c2ccccc2)nc1-c1ccc(Br)cc1. The molecule has 0 aliphatic heterocycles. The number of carbonyl (C=O) groups excluding carboxylic acids is 1. The van der Waals surface area contributed by atoms with E-state index >= 15 is 0 Å². The van der Waals surface area contributed by atoms with Crippen LogP contribution in [0, 0.1) is 0 Å². The fourth-order valence-electron chi connectivity index (χ4n) is 2.69. The first kappa shape index (κ1) is 18.4. The number of esters is 1. The number of para-hydroxylation sites is 1. The predicted octanol–water partition coefficient (Wildman–Crippen LogP) is 3.73. The molecule has 134 valence electrons. The van der Waals surface area contributed by atoms with Gasteiger partial charge in [-0.25, -0.2) is 4.68 Å². The highest BCUT2D eigenvalue weighted by Crippen LogP contribution is 2.26. The summed E-state index contributed by atoms with van der Waals surface area (Å²) in [5.41, 5.74) is 9.65. The van der Waals surface area contributed by atoms with E-state index in [1.165, 1.54) is 0 Å². The molecular formula is C20H20BrN3O2. The van der Waals surface area contributed by atoms with Gasteiger partial charge >= 0.3 is 5.97 Å². The van der Waals surface area contributed by atoms with Gasteiger partial charge in [0, 0.05) is 28.2 Å². The normalized spacial score (nSPS) is 12.0. The number of hydrogen-bond donors (Lipinski definition) is 1. The summed E-state index contributed by atoms with van der Waals surface area (Å²) in [6, 6.07) is 17.0. The predicted molar refractivity (Wildman–Crippen MR) is 105 cm³/mol. The number of carbonyl (C=O) groups is 1. The smallest absolute Gasteiger partial charge is 0.323 e. The molecular weight excluding hydrogens is 394 g/mol. The van der Waals surface area contributed by atoms with Gasteiger partial charge in [-0.15, -0.1) is 0 Å². The van der Waals surface area contributed by atoms with Gasteiger partial charge < -0.3 is 10.5 Å². The Labute approximate surface area is 160 Å². The highest BCUT2D eigenvalue weighted by atomic mass is 79.9. The minimum absolute atomic E-state index is 0.315. The van der Waals surface area contributed by atoms with Crippen molar-refractivity contribution in [1.29, 1.82) is 0 Å². The highest BCUT2D eigenvalue weighted by Gasteiger charge is 2.20. The van der Waals surface area contributed by atoms with Crippen molar-refractivity contribution in [3.63, 3.8) is 0 Å². The van der Waals surface area contributed by atoms with Gasteiger partial charge in [0.15, 0.2) is 0 Å². The lowest BCUT2D eigenvalue weighted by molar-refractivity contribution is -0.144. The Hall–Kier alpha value is -2.44. The summed E-state index contributed by atoms with van der Waals surface area (Å²) >= 11 is 3.45. The first-order valence-corrected chi connectivity index (χ1v) is 9.20. The van der Waals surface area contributed by atoms with Crippen molar-refractivity contribution in [3.05, 3.63) is 70.8 Å². The van der Waals surface area contributed by atoms with Gasteiger partial charge in [0.2, 0.25) is 0 Å². The standard InChI is InChI=1S/C20H20BrN3O2/c1-2-26-20(25)18(22)12-15-13-24(17-6-4-3-5-7-17)23-19(15)14-8-10-16(21)11-9-14/h3-11,13,18H,2,12,22H2,1H3. The average Bonchev–Trinajstić information content (AvgIpc) is 3.07. The molecule has 0 saturated carbocycles. The van der Waals surface area contributed by atoms with Crippen LogP contribution in [0.1, 0.15) is 12.5 Å². The fourth-order valence-corrected chi connectivity index (χ4v) is 2.96. The molecule has 0 bridgehead atoms. The molecule has 0 amide bonds. The lowest BCUT2D eigenvalue weighted by Crippen LogP contribution is -2.34. The minimum atomic E-state index is -0.724. The Bertz CT molecular complexity index is 876. The lowest BCUT2D eigenvalue weighted by atomic mass is 10.0. The van der Waals surface area contributed by atoms with E-state index in [9.17, 15) is 4.79 Å². The topological polar surface area (TPSA) is 70.1 Å². The first-order chi connectivity index (χ1) is 12.6. The van der Waals surface area contributed by atoms with Crippen LogP contribution in [0.25, 0.3) is 16.9 Å². The Morgan fingerprint density at radius 3 is 2.54 bits per heavy atom. The Balaban J connectivity index is 1.99. The molecule has 26 heavy (non-hydrogen) atoms. The molecule has 2 aromatic carbocycles. The van der Waals surface area contributed by atoms with Crippen LogP contribution in [0.3, 0.4) is 0 Å². The molecule has 2 N–H and O–H groups in total. The summed E-state index contributed by atoms with van der Waals surface area (Å²) < 4.78 is 7.84. The van der Waals surface area contributed by atoms with Gasteiger partial charge in [0.25, 0.3) is 0 Å². The van der Waals surface area contributed by atoms with Crippen molar-refractivity contribution in [2.24, 2.45) is 5.73 Å². The second kappa shape index (κ2) is 8.29. The van der Waals surface area contributed by atoms with Gasteiger partial charge in [-0.05, 0) is 31.2 Å². The summed E-state index contributed by atoms with van der Waals surface area (Å²) in [5.74, 6) is -0.401. The van der Waals surface area contributed by atoms with E-state index in [-0.39, 0.29) is 0 Å². The number of benzene rings is 2. The van der Waals surface area contributed by atoms with Crippen LogP contribution in [0.2, 0.25) is 0 Å². The number of rotatable bonds is 6. The van der Waals surface area contributed by atoms with Crippen LogP contribution < -0.4 is 5.73 Å². The first-order valence-electron chi connectivity index (χ1n) is 8.40. The van der Waals surface area contributed by atoms with Gasteiger partial charge in [-0.1, -0.05) is 46.3 Å². The van der Waals surface area contributed by atoms with Gasteiger partial charge in [0.1, 0.15) is 6.04 Å². The van der Waals surface area contributed by atoms with E-state index < -0.39 is 12.0 Å². The molecule has 0 aliphatic carbocycles. The maximum Gasteiger partial charge on any atom is 0.323 e. The van der Waals surface area contributed by atoms with E-state index in [0.717, 1.165) is 27.0 Å². The van der Waals surface area contributed by atoms with E-state index in [4.69, 9.17) is 15.6 Å². The molecule has 3 rings (SSSR count).